The van der Waals surface area contributed by atoms with E-state index in [-0.39, 0.29) is 17.5 Å². The normalized spacial score (nSPS) is 21.4. The van der Waals surface area contributed by atoms with Crippen LogP contribution in [0.3, 0.4) is 0 Å². The highest BCUT2D eigenvalue weighted by molar-refractivity contribution is 5.92. The highest BCUT2D eigenvalue weighted by Crippen LogP contribution is 2.24. The molecule has 12 heteroatoms. The Labute approximate surface area is 212 Å². The van der Waals surface area contributed by atoms with Gasteiger partial charge in [0.2, 0.25) is 5.88 Å². The molecule has 2 aliphatic rings. The molecule has 2 atom stereocenters. The van der Waals surface area contributed by atoms with E-state index in [0.29, 0.717) is 61.1 Å². The summed E-state index contributed by atoms with van der Waals surface area (Å²) >= 11 is 0. The molecule has 1 fully saturated rings. The third kappa shape index (κ3) is 5.01. The zero-order valence-corrected chi connectivity index (χ0v) is 20.3. The number of nitrogens with one attached hydrogen (secondary N) is 1. The van der Waals surface area contributed by atoms with Gasteiger partial charge in [0.05, 0.1) is 31.3 Å². The maximum atomic E-state index is 12.7. The van der Waals surface area contributed by atoms with Crippen molar-refractivity contribution in [1.29, 1.82) is 0 Å². The van der Waals surface area contributed by atoms with E-state index in [9.17, 15) is 9.90 Å². The van der Waals surface area contributed by atoms with Crippen LogP contribution in [0, 0.1) is 0 Å². The van der Waals surface area contributed by atoms with Crippen LogP contribution in [0.2, 0.25) is 0 Å². The molecule has 3 aromatic heterocycles. The van der Waals surface area contributed by atoms with Crippen molar-refractivity contribution in [2.45, 2.75) is 25.0 Å². The first-order chi connectivity index (χ1) is 18.0. The molecule has 1 saturated heterocycles. The quantitative estimate of drug-likeness (QED) is 0.315. The Bertz CT molecular complexity index is 1470. The van der Waals surface area contributed by atoms with Crippen LogP contribution in [0.15, 0.2) is 64.5 Å². The first kappa shape index (κ1) is 24.4. The Balaban J connectivity index is 1.34. The van der Waals surface area contributed by atoms with Crippen LogP contribution >= 0.6 is 0 Å². The van der Waals surface area contributed by atoms with Gasteiger partial charge in [-0.05, 0) is 29.3 Å². The van der Waals surface area contributed by atoms with Gasteiger partial charge >= 0.3 is 0 Å². The average Bonchev–Trinajstić information content (AvgIpc) is 2.91. The molecule has 0 amide bonds. The second-order valence-electron chi connectivity index (χ2n) is 8.69. The summed E-state index contributed by atoms with van der Waals surface area (Å²) in [6.45, 7) is 5.24. The van der Waals surface area contributed by atoms with Gasteiger partial charge in [-0.2, -0.15) is 4.98 Å². The van der Waals surface area contributed by atoms with Crippen molar-refractivity contribution in [3.8, 4) is 11.6 Å². The molecule has 2 unspecified atom stereocenters. The number of aromatic nitrogens is 4. The number of nitrogens with two attached hydrogens (primary N) is 1. The number of aliphatic hydroxyl groups excluding tert-OH is 1. The van der Waals surface area contributed by atoms with Gasteiger partial charge in [-0.15, -0.1) is 5.10 Å². The van der Waals surface area contributed by atoms with E-state index in [1.807, 2.05) is 6.07 Å². The predicted octanol–water partition coefficient (Wildman–Crippen LogP) is 0.361. The zero-order chi connectivity index (χ0) is 25.9. The number of hydrogen-bond donors (Lipinski definition) is 3. The summed E-state index contributed by atoms with van der Waals surface area (Å²) in [7, 11) is 1.51. The number of ether oxygens (including phenoxy) is 3. The van der Waals surface area contributed by atoms with Crippen molar-refractivity contribution in [2.75, 3.05) is 26.9 Å². The Morgan fingerprint density at radius 2 is 2.16 bits per heavy atom. The number of hydrazone groups is 1. The molecule has 5 rings (SSSR count). The zero-order valence-electron chi connectivity index (χ0n) is 20.3. The fraction of sp³-hybridized carbons (Fsp3) is 0.320. The van der Waals surface area contributed by atoms with Gasteiger partial charge in [0.1, 0.15) is 18.7 Å². The van der Waals surface area contributed by atoms with Gasteiger partial charge < -0.3 is 30.5 Å². The highest BCUT2D eigenvalue weighted by atomic mass is 16.6. The second kappa shape index (κ2) is 10.4. The third-order valence-electron chi connectivity index (χ3n) is 6.23. The molecular weight excluding hydrogens is 478 g/mol. The van der Waals surface area contributed by atoms with E-state index < -0.39 is 6.10 Å². The molecular formula is C25H27N7O5. The highest BCUT2D eigenvalue weighted by Gasteiger charge is 2.28. The van der Waals surface area contributed by atoms with E-state index in [4.69, 9.17) is 20.1 Å². The predicted molar refractivity (Wildman–Crippen MR) is 135 cm³/mol. The van der Waals surface area contributed by atoms with Crippen molar-refractivity contribution in [3.63, 3.8) is 0 Å². The molecule has 1 aliphatic carbocycles. The molecule has 37 heavy (non-hydrogen) atoms. The molecule has 0 saturated carbocycles. The van der Waals surface area contributed by atoms with Crippen molar-refractivity contribution in [1.82, 2.24) is 24.8 Å². The standard InChI is InChI=1S/C25H27N7O5/c1-14(7-21-25(31-26)37-6-5-36-21)11-27-19-10-18-15(9-20(19)33)8-16(12-28-18)32-23(34)13-29-17-3-4-22(35-2)30-24(17)32/h3-4,7-8,12-13,19-20,27,33H,1,5-6,9-11,26H2,2H3/b21-7+,31-25+. The van der Waals surface area contributed by atoms with Crippen molar-refractivity contribution >= 4 is 17.1 Å². The van der Waals surface area contributed by atoms with Crippen LogP contribution in [0.25, 0.3) is 16.9 Å². The lowest BCUT2D eigenvalue weighted by Gasteiger charge is -2.30. The van der Waals surface area contributed by atoms with Gasteiger partial charge in [0.15, 0.2) is 11.4 Å². The first-order valence-corrected chi connectivity index (χ1v) is 11.7. The Morgan fingerprint density at radius 1 is 1.32 bits per heavy atom. The molecule has 0 bridgehead atoms. The van der Waals surface area contributed by atoms with Crippen LogP contribution in [-0.4, -0.2) is 69.5 Å². The smallest absolute Gasteiger partial charge is 0.275 e. The SMILES string of the molecule is C=C(/C=C1/OCCO/C1=N/N)CNC1Cc2ncc(-n3c(=O)cnc4ccc(OC)nc43)cc2CC1O. The number of nitrogens with zero attached hydrogens (tertiary/aromatic N) is 5. The molecule has 0 aromatic carbocycles. The largest absolute Gasteiger partial charge is 0.484 e. The molecule has 0 spiro atoms. The lowest BCUT2D eigenvalue weighted by atomic mass is 9.89. The number of methoxy groups -OCH3 is 1. The van der Waals surface area contributed by atoms with Gasteiger partial charge in [-0.3, -0.25) is 14.3 Å². The lowest BCUT2D eigenvalue weighted by molar-refractivity contribution is 0.116. The molecule has 4 N–H and O–H groups in total. The lowest BCUT2D eigenvalue weighted by Crippen LogP contribution is -2.46. The number of aliphatic hydroxyl groups is 1. The molecule has 3 aromatic rings. The van der Waals surface area contributed by atoms with E-state index in [1.54, 1.807) is 24.4 Å². The Kier molecular flexibility index (Phi) is 6.84. The minimum atomic E-state index is -0.662. The van der Waals surface area contributed by atoms with Gasteiger partial charge in [0.25, 0.3) is 11.5 Å². The molecule has 4 heterocycles. The van der Waals surface area contributed by atoms with Gasteiger partial charge in [-0.25, -0.2) is 4.98 Å². The number of pyridine rings is 2. The number of fused-ring (bicyclic) bond motifs is 2. The minimum Gasteiger partial charge on any atom is -0.484 e. The molecule has 12 nitrogen and oxygen atoms in total. The van der Waals surface area contributed by atoms with Crippen molar-refractivity contribution < 1.29 is 19.3 Å². The third-order valence-corrected chi connectivity index (χ3v) is 6.23. The van der Waals surface area contributed by atoms with Crippen LogP contribution in [0.1, 0.15) is 11.3 Å². The molecule has 0 radical (unpaired) electrons. The Morgan fingerprint density at radius 3 is 2.97 bits per heavy atom. The van der Waals surface area contributed by atoms with Crippen LogP contribution in [-0.2, 0) is 22.3 Å². The topological polar surface area (TPSA) is 159 Å². The summed E-state index contributed by atoms with van der Waals surface area (Å²) < 4.78 is 17.6. The van der Waals surface area contributed by atoms with E-state index in [1.165, 1.54) is 17.9 Å². The molecule has 192 valence electrons. The van der Waals surface area contributed by atoms with E-state index >= 15 is 0 Å². The maximum Gasteiger partial charge on any atom is 0.275 e. The van der Waals surface area contributed by atoms with Crippen LogP contribution in [0.5, 0.6) is 5.88 Å². The summed E-state index contributed by atoms with van der Waals surface area (Å²) in [4.78, 5) is 25.9. The Hall–Kier alpha value is -4.29. The first-order valence-electron chi connectivity index (χ1n) is 11.7. The second-order valence-corrected chi connectivity index (χ2v) is 8.69. The minimum absolute atomic E-state index is 0.230. The fourth-order valence-corrected chi connectivity index (χ4v) is 4.39. The average molecular weight is 506 g/mol. The number of rotatable bonds is 6. The maximum absolute atomic E-state index is 12.7. The van der Waals surface area contributed by atoms with E-state index in [2.05, 4.69) is 31.9 Å². The summed E-state index contributed by atoms with van der Waals surface area (Å²) in [6, 6.07) is 5.05. The monoisotopic (exact) mass is 505 g/mol. The van der Waals surface area contributed by atoms with Gasteiger partial charge in [0, 0.05) is 37.2 Å². The summed E-state index contributed by atoms with van der Waals surface area (Å²) in [6.07, 6.45) is 4.81. The fourth-order valence-electron chi connectivity index (χ4n) is 4.39. The van der Waals surface area contributed by atoms with Crippen LogP contribution < -0.4 is 21.5 Å². The van der Waals surface area contributed by atoms with Gasteiger partial charge in [-0.1, -0.05) is 6.58 Å². The van der Waals surface area contributed by atoms with Crippen LogP contribution in [0.4, 0.5) is 0 Å². The summed E-state index contributed by atoms with van der Waals surface area (Å²) in [5.74, 6) is 6.37. The summed E-state index contributed by atoms with van der Waals surface area (Å²) in [5, 5.41) is 17.8. The van der Waals surface area contributed by atoms with E-state index in [0.717, 1.165) is 16.8 Å². The summed E-state index contributed by atoms with van der Waals surface area (Å²) in [5.41, 5.74) is 3.54. The number of hydrogen-bond acceptors (Lipinski definition) is 11. The van der Waals surface area contributed by atoms with Crippen molar-refractivity contribution in [2.24, 2.45) is 10.9 Å². The van der Waals surface area contributed by atoms with Crippen molar-refractivity contribution in [3.05, 3.63) is 76.2 Å². The molecule has 1 aliphatic heterocycles.